The molecule has 0 aromatic heterocycles. The second kappa shape index (κ2) is 13.8. The predicted molar refractivity (Wildman–Crippen MR) is 146 cm³/mol. The molecule has 2 amide bonds. The lowest BCUT2D eigenvalue weighted by atomic mass is 9.88. The van der Waals surface area contributed by atoms with Crippen molar-refractivity contribution in [3.05, 3.63) is 59.4 Å². The van der Waals surface area contributed by atoms with E-state index >= 15 is 0 Å². The van der Waals surface area contributed by atoms with Crippen LogP contribution in [0.2, 0.25) is 0 Å². The minimum Gasteiger partial charge on any atom is -0.481 e. The van der Waals surface area contributed by atoms with Crippen LogP contribution >= 0.6 is 11.6 Å². The van der Waals surface area contributed by atoms with Crippen molar-refractivity contribution in [3.63, 3.8) is 0 Å². The molecule has 204 valence electrons. The third-order valence-corrected chi connectivity index (χ3v) is 6.72. The average molecular weight is 543 g/mol. The highest BCUT2D eigenvalue weighted by Crippen LogP contribution is 2.50. The van der Waals surface area contributed by atoms with Gasteiger partial charge in [0.15, 0.2) is 0 Å². The number of rotatable bonds is 14. The quantitative estimate of drug-likeness (QED) is 0.154. The van der Waals surface area contributed by atoms with Gasteiger partial charge in [0, 0.05) is 18.0 Å². The summed E-state index contributed by atoms with van der Waals surface area (Å²) >= 11 is 5.67. The maximum Gasteiger partial charge on any atom is 0.408 e. The largest absolute Gasteiger partial charge is 0.481 e. The molecule has 6 N–H and O–H groups in total. The lowest BCUT2D eigenvalue weighted by Gasteiger charge is -2.27. The number of ether oxygens (including phenoxy) is 2. The van der Waals surface area contributed by atoms with Crippen molar-refractivity contribution in [1.82, 2.24) is 16.0 Å². The summed E-state index contributed by atoms with van der Waals surface area (Å²) in [4.78, 5) is 26.1. The van der Waals surface area contributed by atoms with Gasteiger partial charge in [-0.15, -0.1) is 0 Å². The molecule has 2 aliphatic rings. The molecule has 0 saturated heterocycles. The van der Waals surface area contributed by atoms with Crippen LogP contribution in [-0.4, -0.2) is 48.5 Å². The van der Waals surface area contributed by atoms with Gasteiger partial charge in [-0.3, -0.25) is 15.6 Å². The van der Waals surface area contributed by atoms with Crippen LogP contribution in [0.25, 0.3) is 0 Å². The van der Waals surface area contributed by atoms with Gasteiger partial charge in [-0.2, -0.15) is 0 Å². The van der Waals surface area contributed by atoms with Crippen molar-refractivity contribution in [3.8, 4) is 0 Å². The van der Waals surface area contributed by atoms with E-state index in [0.29, 0.717) is 17.4 Å². The molecule has 2 unspecified atom stereocenters. The van der Waals surface area contributed by atoms with Crippen LogP contribution in [0, 0.1) is 34.0 Å². The van der Waals surface area contributed by atoms with Crippen LogP contribution < -0.4 is 16.0 Å². The Labute approximate surface area is 227 Å². The van der Waals surface area contributed by atoms with Crippen LogP contribution in [0.5, 0.6) is 0 Å². The van der Waals surface area contributed by atoms with Crippen molar-refractivity contribution in [2.24, 2.45) is 17.8 Å². The van der Waals surface area contributed by atoms with E-state index in [1.165, 1.54) is 19.4 Å². The maximum atomic E-state index is 13.4. The van der Waals surface area contributed by atoms with Gasteiger partial charge in [-0.1, -0.05) is 41.9 Å². The van der Waals surface area contributed by atoms with E-state index in [4.69, 9.17) is 37.3 Å². The molecule has 1 aromatic carbocycles. The Morgan fingerprint density at radius 1 is 1.13 bits per heavy atom. The summed E-state index contributed by atoms with van der Waals surface area (Å²) in [6.07, 6.45) is 7.13. The highest BCUT2D eigenvalue weighted by molar-refractivity contribution is 6.67. The van der Waals surface area contributed by atoms with E-state index in [1.54, 1.807) is 6.92 Å². The number of carbonyl (C=O) groups is 2. The third kappa shape index (κ3) is 8.72. The first kappa shape index (κ1) is 28.9. The number of allylic oxidation sites excluding steroid dienone is 2. The molecule has 10 nitrogen and oxygen atoms in total. The molecule has 2 saturated carbocycles. The summed E-state index contributed by atoms with van der Waals surface area (Å²) in [6, 6.07) is 8.00. The molecule has 2 atom stereocenters. The average Bonchev–Trinajstić information content (AvgIpc) is 3.83. The van der Waals surface area contributed by atoms with Gasteiger partial charge < -0.3 is 30.8 Å². The van der Waals surface area contributed by atoms with E-state index < -0.39 is 24.1 Å². The minimum atomic E-state index is -0.798. The predicted octanol–water partition coefficient (Wildman–Crippen LogP) is 4.07. The fraction of sp³-hybridized carbons (Fsp3) is 0.444. The molecule has 2 fully saturated rings. The number of methoxy groups -OCH3 is 1. The zero-order chi connectivity index (χ0) is 27.7. The first-order valence-corrected chi connectivity index (χ1v) is 12.9. The monoisotopic (exact) mass is 542 g/mol. The zero-order valence-electron chi connectivity index (χ0n) is 21.6. The van der Waals surface area contributed by atoms with Crippen LogP contribution in [0.15, 0.2) is 53.9 Å². The Morgan fingerprint density at radius 3 is 2.29 bits per heavy atom. The summed E-state index contributed by atoms with van der Waals surface area (Å²) in [5.74, 6) is 0.162. The summed E-state index contributed by atoms with van der Waals surface area (Å²) in [7, 11) is 1.34. The van der Waals surface area contributed by atoms with E-state index in [9.17, 15) is 9.59 Å². The summed E-state index contributed by atoms with van der Waals surface area (Å²) in [5.41, 5.74) is 1.33. The molecule has 0 spiro atoms. The molecular weight excluding hydrogens is 508 g/mol. The number of hydrogen-bond donors (Lipinski definition) is 6. The van der Waals surface area contributed by atoms with Crippen molar-refractivity contribution < 1.29 is 19.1 Å². The van der Waals surface area contributed by atoms with Gasteiger partial charge in [0.05, 0.1) is 18.8 Å². The standard InChI is InChI=1S/C27H35ClN6O4/c1-16(21(12-22(28)30)25(31)37-2)32-14-20(13-29)33-26(35)24(23(18-8-9-18)19-10-11-19)34-27(36)38-15-17-6-4-3-5-7-17/h3-7,12-14,16,18-19,23-24,29-32H,8-11,15H2,1-2H3,(H,33,35)(H,34,36)/b20-14+,21-12-,29-13?,30-22?,31-25?. The first-order chi connectivity index (χ1) is 18.2. The number of carbonyl (C=O) groups excluding carboxylic acids is 2. The van der Waals surface area contributed by atoms with Crippen molar-refractivity contribution in [2.75, 3.05) is 7.11 Å². The maximum absolute atomic E-state index is 13.4. The van der Waals surface area contributed by atoms with Crippen molar-refractivity contribution >= 4 is 40.9 Å². The molecule has 11 heteroatoms. The number of benzene rings is 1. The lowest BCUT2D eigenvalue weighted by molar-refractivity contribution is -0.124. The minimum absolute atomic E-state index is 0.00425. The Kier molecular flexibility index (Phi) is 10.5. The van der Waals surface area contributed by atoms with E-state index in [2.05, 4.69) is 16.0 Å². The van der Waals surface area contributed by atoms with Crippen LogP contribution in [0.4, 0.5) is 4.79 Å². The van der Waals surface area contributed by atoms with E-state index in [-0.39, 0.29) is 29.3 Å². The Balaban J connectivity index is 1.69. The normalized spacial score (nSPS) is 17.2. The smallest absolute Gasteiger partial charge is 0.408 e. The highest BCUT2D eigenvalue weighted by atomic mass is 35.5. The van der Waals surface area contributed by atoms with Gasteiger partial charge in [0.25, 0.3) is 0 Å². The van der Waals surface area contributed by atoms with Gasteiger partial charge >= 0.3 is 6.09 Å². The highest BCUT2D eigenvalue weighted by Gasteiger charge is 2.48. The van der Waals surface area contributed by atoms with Crippen molar-refractivity contribution in [1.29, 1.82) is 16.2 Å². The Bertz CT molecular complexity index is 1090. The van der Waals surface area contributed by atoms with E-state index in [0.717, 1.165) is 37.5 Å². The number of amides is 2. The first-order valence-electron chi connectivity index (χ1n) is 12.6. The van der Waals surface area contributed by atoms with Crippen LogP contribution in [0.3, 0.4) is 0 Å². The van der Waals surface area contributed by atoms with E-state index in [1.807, 2.05) is 30.3 Å². The molecule has 2 aliphatic carbocycles. The van der Waals surface area contributed by atoms with Crippen molar-refractivity contribution in [2.45, 2.75) is 51.3 Å². The summed E-state index contributed by atoms with van der Waals surface area (Å²) in [6.45, 7) is 1.82. The van der Waals surface area contributed by atoms with Gasteiger partial charge in [-0.25, -0.2) is 4.79 Å². The molecule has 0 aliphatic heterocycles. The molecule has 38 heavy (non-hydrogen) atoms. The second-order valence-corrected chi connectivity index (χ2v) is 9.95. The summed E-state index contributed by atoms with van der Waals surface area (Å²) in [5, 5.41) is 31.5. The molecular formula is C27H35ClN6O4. The molecule has 0 radical (unpaired) electrons. The SMILES string of the molecule is COC(=N)/C(=C\C(=N)Cl)C(C)N/C=C(\C=N)NC(=O)C(NC(=O)OCc1ccccc1)C(C1CC1)C1CC1. The number of halogens is 1. The molecule has 0 bridgehead atoms. The fourth-order valence-electron chi connectivity index (χ4n) is 4.40. The number of hydrogen-bond acceptors (Lipinski definition) is 8. The number of alkyl carbamates (subject to hydrolysis) is 1. The van der Waals surface area contributed by atoms with Gasteiger partial charge in [-0.05, 0) is 62.0 Å². The fourth-order valence-corrected chi connectivity index (χ4v) is 4.52. The number of nitrogens with one attached hydrogen (secondary N) is 6. The topological polar surface area (TPSA) is 160 Å². The zero-order valence-corrected chi connectivity index (χ0v) is 22.3. The molecule has 3 rings (SSSR count). The third-order valence-electron chi connectivity index (χ3n) is 6.61. The van der Waals surface area contributed by atoms with Gasteiger partial charge in [0.1, 0.15) is 17.8 Å². The second-order valence-electron chi connectivity index (χ2n) is 9.54. The van der Waals surface area contributed by atoms with Gasteiger partial charge in [0.2, 0.25) is 11.8 Å². The molecule has 0 heterocycles. The Morgan fingerprint density at radius 2 is 1.76 bits per heavy atom. The van der Waals surface area contributed by atoms with Crippen LogP contribution in [-0.2, 0) is 20.9 Å². The van der Waals surface area contributed by atoms with Crippen LogP contribution in [0.1, 0.15) is 38.2 Å². The lowest BCUT2D eigenvalue weighted by Crippen LogP contribution is -2.52. The molecule has 1 aromatic rings. The summed E-state index contributed by atoms with van der Waals surface area (Å²) < 4.78 is 10.4. The Hall–Kier alpha value is -3.66.